The van der Waals surface area contributed by atoms with Gasteiger partial charge in [0.15, 0.2) is 0 Å². The minimum Gasteiger partial charge on any atom is -0.508 e. The Morgan fingerprint density at radius 2 is 1.55 bits per heavy atom. The lowest BCUT2D eigenvalue weighted by Crippen LogP contribution is -2.51. The van der Waals surface area contributed by atoms with Gasteiger partial charge in [-0.15, -0.1) is 0 Å². The number of aryl methyl sites for hydroxylation is 1. The number of piperazine rings is 1. The first kappa shape index (κ1) is 29.4. The molecule has 5 fully saturated rings. The van der Waals surface area contributed by atoms with Crippen molar-refractivity contribution in [2.24, 2.45) is 23.2 Å². The van der Waals surface area contributed by atoms with Crippen LogP contribution in [-0.2, 0) is 16.6 Å². The Morgan fingerprint density at radius 1 is 0.886 bits per heavy atom. The highest BCUT2D eigenvalue weighted by Gasteiger charge is 2.52. The Bertz CT molecular complexity index is 1610. The summed E-state index contributed by atoms with van der Waals surface area (Å²) in [6.07, 6.45) is 6.81. The molecule has 7 nitrogen and oxygen atoms in total. The Balaban J connectivity index is 0.914. The summed E-state index contributed by atoms with van der Waals surface area (Å²) in [7, 11) is -3.70. The molecular formula is C36H43N3O4S. The van der Waals surface area contributed by atoms with E-state index < -0.39 is 15.9 Å². The molecule has 4 bridgehead atoms. The number of phenolic OH excluding ortho intramolecular Hbond substituents is 1. The molecule has 0 unspecified atom stereocenters. The van der Waals surface area contributed by atoms with Gasteiger partial charge in [-0.1, -0.05) is 30.3 Å². The maximum atomic E-state index is 13.1. The topological polar surface area (TPSA) is 90.0 Å². The average Bonchev–Trinajstić information content (AvgIpc) is 2.96. The van der Waals surface area contributed by atoms with Crippen molar-refractivity contribution in [2.45, 2.75) is 52.0 Å². The van der Waals surface area contributed by atoms with Crippen LogP contribution in [0.3, 0.4) is 0 Å². The largest absolute Gasteiger partial charge is 0.508 e. The molecule has 1 amide bonds. The van der Waals surface area contributed by atoms with Crippen LogP contribution in [0.25, 0.3) is 11.1 Å². The van der Waals surface area contributed by atoms with Gasteiger partial charge in [-0.05, 0) is 127 Å². The van der Waals surface area contributed by atoms with Crippen LogP contribution in [0.5, 0.6) is 5.75 Å². The van der Waals surface area contributed by atoms with Gasteiger partial charge in [-0.25, -0.2) is 13.1 Å². The Kier molecular flexibility index (Phi) is 7.69. The molecule has 5 aliphatic rings. The second kappa shape index (κ2) is 11.5. The first-order valence-corrected chi connectivity index (χ1v) is 17.8. The zero-order valence-corrected chi connectivity index (χ0v) is 26.4. The molecule has 0 atom stereocenters. The number of carbonyl (C=O) groups excluding carboxylic acids is 1. The van der Waals surface area contributed by atoms with Gasteiger partial charge in [0.2, 0.25) is 10.0 Å². The van der Waals surface area contributed by atoms with Crippen LogP contribution in [0.2, 0.25) is 0 Å². The molecule has 1 aliphatic heterocycles. The minimum absolute atomic E-state index is 0.0822. The zero-order chi connectivity index (χ0) is 30.5. The summed E-state index contributed by atoms with van der Waals surface area (Å²) in [4.78, 5) is 17.7. The van der Waals surface area contributed by atoms with Gasteiger partial charge in [0.1, 0.15) is 5.75 Å². The van der Waals surface area contributed by atoms with Crippen molar-refractivity contribution < 1.29 is 18.3 Å². The van der Waals surface area contributed by atoms with Crippen LogP contribution < -0.4 is 9.62 Å². The summed E-state index contributed by atoms with van der Waals surface area (Å²) in [6, 6.07) is 21.3. The molecule has 3 aromatic rings. The van der Waals surface area contributed by atoms with Crippen LogP contribution in [0.15, 0.2) is 66.7 Å². The number of sulfonamides is 1. The molecule has 3 aromatic carbocycles. The number of anilines is 1. The van der Waals surface area contributed by atoms with Crippen LogP contribution in [-0.4, -0.2) is 56.3 Å². The predicted octanol–water partition coefficient (Wildman–Crippen LogP) is 5.97. The van der Waals surface area contributed by atoms with E-state index in [1.165, 1.54) is 30.4 Å². The number of rotatable bonds is 8. The molecular weight excluding hydrogens is 570 g/mol. The van der Waals surface area contributed by atoms with Crippen LogP contribution in [0.1, 0.15) is 60.0 Å². The second-order valence-corrected chi connectivity index (χ2v) is 15.8. The molecule has 232 valence electrons. The van der Waals surface area contributed by atoms with Crippen molar-refractivity contribution in [3.05, 3.63) is 83.4 Å². The Labute approximate surface area is 261 Å². The summed E-state index contributed by atoms with van der Waals surface area (Å²) >= 11 is 0. The highest BCUT2D eigenvalue weighted by molar-refractivity contribution is 7.90. The van der Waals surface area contributed by atoms with Crippen LogP contribution >= 0.6 is 0 Å². The third-order valence-electron chi connectivity index (χ3n) is 10.6. The van der Waals surface area contributed by atoms with Crippen molar-refractivity contribution in [3.63, 3.8) is 0 Å². The molecule has 1 heterocycles. The van der Waals surface area contributed by atoms with Gasteiger partial charge in [0.25, 0.3) is 5.91 Å². The number of nitrogens with one attached hydrogen (secondary N) is 1. The normalized spacial score (nSPS) is 26.6. The van der Waals surface area contributed by atoms with Crippen molar-refractivity contribution in [1.82, 2.24) is 9.62 Å². The first-order chi connectivity index (χ1) is 21.1. The number of nitrogens with zero attached hydrogens (tertiary/aromatic N) is 2. The number of amides is 1. The number of phenols is 1. The van der Waals surface area contributed by atoms with E-state index >= 15 is 0 Å². The molecule has 4 saturated carbocycles. The van der Waals surface area contributed by atoms with Crippen molar-refractivity contribution in [2.75, 3.05) is 36.8 Å². The third kappa shape index (κ3) is 6.24. The average molecular weight is 614 g/mol. The number of hydrogen-bond acceptors (Lipinski definition) is 6. The standard InChI is InChI=1S/C36H43N3O4S/c1-25-15-26(5-10-34(25)31-3-2-4-33(40)19-31)23-38-11-13-39(14-12-38)32-8-6-30(7-9-32)35(41)37-44(42,43)24-36-20-27-16-28(21-36)18-29(17-27)22-36/h2-10,15,19,27-29,40H,11-14,16-18,20-24H2,1H3,(H,37,41). The van der Waals surface area contributed by atoms with E-state index in [4.69, 9.17) is 0 Å². The van der Waals surface area contributed by atoms with Gasteiger partial charge in [0, 0.05) is 44.0 Å². The molecule has 1 saturated heterocycles. The summed E-state index contributed by atoms with van der Waals surface area (Å²) in [5.74, 6) is 1.85. The van der Waals surface area contributed by atoms with E-state index in [1.54, 1.807) is 24.3 Å². The summed E-state index contributed by atoms with van der Waals surface area (Å²) in [5.41, 5.74) is 5.90. The predicted molar refractivity (Wildman–Crippen MR) is 174 cm³/mol. The highest BCUT2D eigenvalue weighted by atomic mass is 32.2. The first-order valence-electron chi connectivity index (χ1n) is 16.1. The van der Waals surface area contributed by atoms with Gasteiger partial charge in [-0.3, -0.25) is 9.69 Å². The van der Waals surface area contributed by atoms with Crippen molar-refractivity contribution in [3.8, 4) is 16.9 Å². The maximum absolute atomic E-state index is 13.1. The summed E-state index contributed by atoms with van der Waals surface area (Å²) in [6.45, 7) is 6.61. The fourth-order valence-electron chi connectivity index (χ4n) is 9.17. The SMILES string of the molecule is Cc1cc(CN2CCN(c3ccc(C(=O)NS(=O)(=O)CC45CC6CC(CC(C6)C4)C5)cc3)CC2)ccc1-c1cccc(O)c1. The zero-order valence-electron chi connectivity index (χ0n) is 25.5. The fourth-order valence-corrected chi connectivity index (χ4v) is 10.8. The number of hydrogen-bond donors (Lipinski definition) is 2. The van der Waals surface area contributed by atoms with E-state index in [0.29, 0.717) is 23.3 Å². The monoisotopic (exact) mass is 613 g/mol. The van der Waals surface area contributed by atoms with E-state index in [-0.39, 0.29) is 16.9 Å². The lowest BCUT2D eigenvalue weighted by atomic mass is 9.50. The third-order valence-corrected chi connectivity index (χ3v) is 12.1. The van der Waals surface area contributed by atoms with E-state index in [0.717, 1.165) is 68.8 Å². The Morgan fingerprint density at radius 3 is 2.16 bits per heavy atom. The fraction of sp³-hybridized carbons (Fsp3) is 0.472. The van der Waals surface area contributed by atoms with E-state index in [2.05, 4.69) is 39.6 Å². The van der Waals surface area contributed by atoms with Crippen LogP contribution in [0.4, 0.5) is 5.69 Å². The second-order valence-electron chi connectivity index (χ2n) is 14.1. The number of carbonyl (C=O) groups is 1. The summed E-state index contributed by atoms with van der Waals surface area (Å²) in [5, 5.41) is 9.85. The molecule has 0 aromatic heterocycles. The van der Waals surface area contributed by atoms with Gasteiger partial charge < -0.3 is 10.0 Å². The Hall–Kier alpha value is -3.36. The molecule has 4 aliphatic carbocycles. The number of benzene rings is 3. The van der Waals surface area contributed by atoms with E-state index in [1.807, 2.05) is 24.3 Å². The molecule has 44 heavy (non-hydrogen) atoms. The maximum Gasteiger partial charge on any atom is 0.264 e. The molecule has 0 radical (unpaired) electrons. The lowest BCUT2D eigenvalue weighted by molar-refractivity contribution is -0.0391. The van der Waals surface area contributed by atoms with Crippen molar-refractivity contribution in [1.29, 1.82) is 0 Å². The van der Waals surface area contributed by atoms with Gasteiger partial charge in [-0.2, -0.15) is 0 Å². The van der Waals surface area contributed by atoms with E-state index in [9.17, 15) is 18.3 Å². The summed E-state index contributed by atoms with van der Waals surface area (Å²) < 4.78 is 28.7. The highest BCUT2D eigenvalue weighted by Crippen LogP contribution is 2.60. The molecule has 0 spiro atoms. The van der Waals surface area contributed by atoms with Gasteiger partial charge >= 0.3 is 0 Å². The number of aromatic hydroxyl groups is 1. The van der Waals surface area contributed by atoms with Crippen molar-refractivity contribution >= 4 is 21.6 Å². The minimum atomic E-state index is -3.70. The molecule has 8 rings (SSSR count). The van der Waals surface area contributed by atoms with Gasteiger partial charge in [0.05, 0.1) is 5.75 Å². The smallest absolute Gasteiger partial charge is 0.264 e. The quantitative estimate of drug-likeness (QED) is 0.326. The van der Waals surface area contributed by atoms with Crippen LogP contribution in [0, 0.1) is 30.1 Å². The molecule has 8 heteroatoms. The molecule has 2 N–H and O–H groups in total. The lowest BCUT2D eigenvalue weighted by Gasteiger charge is -2.56.